The van der Waals surface area contributed by atoms with E-state index in [1.807, 2.05) is 0 Å². The number of benzene rings is 1. The number of aromatic amines is 1. The third-order valence-electron chi connectivity index (χ3n) is 2.86. The van der Waals surface area contributed by atoms with E-state index in [1.165, 1.54) is 16.5 Å². The highest BCUT2D eigenvalue weighted by Gasteiger charge is 2.14. The van der Waals surface area contributed by atoms with Crippen LogP contribution < -0.4 is 5.32 Å². The van der Waals surface area contributed by atoms with Crippen molar-refractivity contribution in [3.05, 3.63) is 29.8 Å². The van der Waals surface area contributed by atoms with Gasteiger partial charge in [0.25, 0.3) is 0 Å². The third kappa shape index (κ3) is 2.06. The van der Waals surface area contributed by atoms with Gasteiger partial charge in [-0.2, -0.15) is 0 Å². The molecule has 0 aliphatic carbocycles. The number of aromatic nitrogens is 1. The maximum atomic E-state index is 3.40. The number of anilines is 1. The van der Waals surface area contributed by atoms with Gasteiger partial charge in [-0.1, -0.05) is 32.9 Å². The Kier molecular flexibility index (Phi) is 2.66. The van der Waals surface area contributed by atoms with E-state index in [0.29, 0.717) is 0 Å². The first kappa shape index (κ1) is 11.1. The summed E-state index contributed by atoms with van der Waals surface area (Å²) in [6, 6.07) is 8.81. The second-order valence-corrected chi connectivity index (χ2v) is 5.27. The van der Waals surface area contributed by atoms with E-state index >= 15 is 0 Å². The van der Waals surface area contributed by atoms with Crippen LogP contribution in [-0.4, -0.2) is 11.5 Å². The Morgan fingerprint density at radius 1 is 1.19 bits per heavy atom. The van der Waals surface area contributed by atoms with Crippen LogP contribution in [0.2, 0.25) is 0 Å². The summed E-state index contributed by atoms with van der Waals surface area (Å²) >= 11 is 0. The number of hydrogen-bond acceptors (Lipinski definition) is 1. The van der Waals surface area contributed by atoms with Crippen LogP contribution in [0.1, 0.15) is 33.3 Å². The summed E-state index contributed by atoms with van der Waals surface area (Å²) in [7, 11) is 0. The Bertz CT molecular complexity index is 489. The molecule has 0 bridgehead atoms. The lowest BCUT2D eigenvalue weighted by molar-refractivity contribution is 0.591. The predicted octanol–water partition coefficient (Wildman–Crippen LogP) is 3.90. The largest absolute Gasteiger partial charge is 0.372 e. The number of H-pyrrole nitrogens is 1. The quantitative estimate of drug-likeness (QED) is 0.783. The van der Waals surface area contributed by atoms with E-state index in [2.05, 4.69) is 62.3 Å². The molecule has 0 aliphatic rings. The Morgan fingerprint density at radius 3 is 2.56 bits per heavy atom. The maximum Gasteiger partial charge on any atom is 0.104 e. The molecule has 0 amide bonds. The van der Waals surface area contributed by atoms with Crippen LogP contribution in [0.15, 0.2) is 24.3 Å². The number of hydrogen-bond donors (Lipinski definition) is 2. The van der Waals surface area contributed by atoms with Crippen LogP contribution in [0.3, 0.4) is 0 Å². The van der Waals surface area contributed by atoms with E-state index in [1.54, 1.807) is 0 Å². The topological polar surface area (TPSA) is 27.8 Å². The zero-order valence-electron chi connectivity index (χ0n) is 10.5. The molecule has 1 aromatic heterocycles. The Morgan fingerprint density at radius 2 is 1.94 bits per heavy atom. The fourth-order valence-corrected chi connectivity index (χ4v) is 1.88. The second-order valence-electron chi connectivity index (χ2n) is 5.27. The summed E-state index contributed by atoms with van der Waals surface area (Å²) in [6.45, 7) is 9.76. The average molecular weight is 216 g/mol. The molecule has 2 N–H and O–H groups in total. The molecule has 1 aromatic carbocycles. The molecule has 86 valence electrons. The fourth-order valence-electron chi connectivity index (χ4n) is 1.88. The van der Waals surface area contributed by atoms with Crippen LogP contribution in [-0.2, 0) is 5.41 Å². The highest BCUT2D eigenvalue weighted by molar-refractivity contribution is 5.84. The summed E-state index contributed by atoms with van der Waals surface area (Å²) in [6.07, 6.45) is 0. The van der Waals surface area contributed by atoms with Crippen molar-refractivity contribution in [2.45, 2.75) is 33.1 Å². The SMILES string of the molecule is CCNc1cc2ccc(C(C)(C)C)cc2[nH]1. The Hall–Kier alpha value is -1.44. The fraction of sp³-hybridized carbons (Fsp3) is 0.429. The molecule has 2 aromatic rings. The second kappa shape index (κ2) is 3.85. The van der Waals surface area contributed by atoms with Gasteiger partial charge in [0.1, 0.15) is 5.82 Å². The van der Waals surface area contributed by atoms with Crippen molar-refractivity contribution in [1.82, 2.24) is 4.98 Å². The first-order valence-electron chi connectivity index (χ1n) is 5.88. The molecular weight excluding hydrogens is 196 g/mol. The van der Waals surface area contributed by atoms with Crippen LogP contribution in [0.5, 0.6) is 0 Å². The zero-order chi connectivity index (χ0) is 11.8. The molecule has 0 saturated carbocycles. The molecule has 2 heteroatoms. The molecule has 16 heavy (non-hydrogen) atoms. The minimum Gasteiger partial charge on any atom is -0.372 e. The van der Waals surface area contributed by atoms with Crippen molar-refractivity contribution in [3.63, 3.8) is 0 Å². The minimum absolute atomic E-state index is 0.206. The van der Waals surface area contributed by atoms with Gasteiger partial charge in [0.05, 0.1) is 0 Å². The van der Waals surface area contributed by atoms with Crippen molar-refractivity contribution in [3.8, 4) is 0 Å². The third-order valence-corrected chi connectivity index (χ3v) is 2.86. The van der Waals surface area contributed by atoms with Crippen molar-refractivity contribution >= 4 is 16.7 Å². The van der Waals surface area contributed by atoms with Gasteiger partial charge < -0.3 is 10.3 Å². The van der Waals surface area contributed by atoms with Gasteiger partial charge in [-0.25, -0.2) is 0 Å². The summed E-state index contributed by atoms with van der Waals surface area (Å²) in [5.41, 5.74) is 2.78. The summed E-state index contributed by atoms with van der Waals surface area (Å²) in [5, 5.41) is 4.57. The molecule has 1 heterocycles. The van der Waals surface area contributed by atoms with Gasteiger partial charge in [0.2, 0.25) is 0 Å². The van der Waals surface area contributed by atoms with Crippen molar-refractivity contribution in [2.24, 2.45) is 0 Å². The van der Waals surface area contributed by atoms with Crippen LogP contribution in [0.25, 0.3) is 10.9 Å². The summed E-state index contributed by atoms with van der Waals surface area (Å²) in [4.78, 5) is 3.40. The minimum atomic E-state index is 0.206. The Labute approximate surface area is 97.1 Å². The van der Waals surface area contributed by atoms with Crippen LogP contribution >= 0.6 is 0 Å². The molecule has 0 saturated heterocycles. The van der Waals surface area contributed by atoms with Gasteiger partial charge in [-0.15, -0.1) is 0 Å². The zero-order valence-corrected chi connectivity index (χ0v) is 10.5. The lowest BCUT2D eigenvalue weighted by Gasteiger charge is -2.18. The molecule has 0 spiro atoms. The highest BCUT2D eigenvalue weighted by atomic mass is 15.0. The van der Waals surface area contributed by atoms with Crippen molar-refractivity contribution < 1.29 is 0 Å². The van der Waals surface area contributed by atoms with E-state index in [0.717, 1.165) is 12.4 Å². The number of nitrogens with one attached hydrogen (secondary N) is 2. The van der Waals surface area contributed by atoms with E-state index in [-0.39, 0.29) is 5.41 Å². The predicted molar refractivity (Wildman–Crippen MR) is 71.2 cm³/mol. The Balaban J connectivity index is 2.46. The monoisotopic (exact) mass is 216 g/mol. The maximum absolute atomic E-state index is 3.40. The van der Waals surface area contributed by atoms with Gasteiger partial charge >= 0.3 is 0 Å². The van der Waals surface area contributed by atoms with E-state index < -0.39 is 0 Å². The van der Waals surface area contributed by atoms with Gasteiger partial charge in [-0.3, -0.25) is 0 Å². The van der Waals surface area contributed by atoms with Gasteiger partial charge in [0, 0.05) is 17.4 Å². The molecule has 0 aliphatic heterocycles. The molecule has 2 nitrogen and oxygen atoms in total. The number of fused-ring (bicyclic) bond motifs is 1. The van der Waals surface area contributed by atoms with Gasteiger partial charge in [-0.05, 0) is 30.0 Å². The highest BCUT2D eigenvalue weighted by Crippen LogP contribution is 2.27. The van der Waals surface area contributed by atoms with Crippen molar-refractivity contribution in [2.75, 3.05) is 11.9 Å². The lowest BCUT2D eigenvalue weighted by Crippen LogP contribution is -2.10. The molecule has 0 radical (unpaired) electrons. The van der Waals surface area contributed by atoms with E-state index in [4.69, 9.17) is 0 Å². The first-order chi connectivity index (χ1) is 7.50. The standard InChI is InChI=1S/C14H20N2/c1-5-15-13-8-10-6-7-11(14(2,3)4)9-12(10)16-13/h6-9,15-16H,5H2,1-4H3. The molecule has 0 unspecified atom stereocenters. The molecule has 0 atom stereocenters. The molecule has 0 fully saturated rings. The van der Waals surface area contributed by atoms with Crippen LogP contribution in [0.4, 0.5) is 5.82 Å². The molecular formula is C14H20N2. The van der Waals surface area contributed by atoms with Crippen molar-refractivity contribution in [1.29, 1.82) is 0 Å². The summed E-state index contributed by atoms with van der Waals surface area (Å²) < 4.78 is 0. The first-order valence-corrected chi connectivity index (χ1v) is 5.88. The van der Waals surface area contributed by atoms with Gasteiger partial charge in [0.15, 0.2) is 0 Å². The lowest BCUT2D eigenvalue weighted by atomic mass is 9.87. The molecule has 2 rings (SSSR count). The average Bonchev–Trinajstić information content (AvgIpc) is 2.57. The van der Waals surface area contributed by atoms with Crippen LogP contribution in [0, 0.1) is 0 Å². The smallest absolute Gasteiger partial charge is 0.104 e. The number of rotatable bonds is 2. The normalized spacial score (nSPS) is 12.0. The van der Waals surface area contributed by atoms with E-state index in [9.17, 15) is 0 Å². The summed E-state index contributed by atoms with van der Waals surface area (Å²) in [5.74, 6) is 1.10.